The number of rotatable bonds is 4. The molecule has 0 atom stereocenters. The molecule has 6 heteroatoms. The molecule has 0 rings (SSSR count). The monoisotopic (exact) mass is 342 g/mol. The second-order valence-corrected chi connectivity index (χ2v) is 14.1. The Kier molecular flexibility index (Phi) is 13.6. The van der Waals surface area contributed by atoms with E-state index in [0.29, 0.717) is 0 Å². The van der Waals surface area contributed by atoms with E-state index in [0.717, 1.165) is 11.4 Å². The van der Waals surface area contributed by atoms with Crippen molar-refractivity contribution < 1.29 is 7.26 Å². The van der Waals surface area contributed by atoms with E-state index in [4.69, 9.17) is 7.26 Å². The Hall–Kier alpha value is 0.213. The molecule has 0 aliphatic rings. The fourth-order valence-corrected chi connectivity index (χ4v) is 2.19. The number of nitrogens with zero attached hydrogens (tertiary/aromatic N) is 2. The van der Waals surface area contributed by atoms with Crippen molar-refractivity contribution in [3.05, 3.63) is 0 Å². The Morgan fingerprint density at radius 1 is 0.688 bits per heavy atom. The van der Waals surface area contributed by atoms with E-state index in [2.05, 4.69) is 32.2 Å². The second kappa shape index (κ2) is 11.7. The molecule has 0 aromatic rings. The van der Waals surface area contributed by atoms with Gasteiger partial charge in [0.05, 0.1) is 0 Å². The number of hydrogen-bond donors (Lipinski definition) is 0. The molecular formula is C10H24Ga2N2O2. The van der Waals surface area contributed by atoms with Crippen LogP contribution in [-0.4, -0.2) is 44.6 Å². The molecule has 0 radical (unpaired) electrons. The van der Waals surface area contributed by atoms with E-state index in [1.165, 1.54) is 0 Å². The molecule has 4 nitrogen and oxygen atoms in total. The van der Waals surface area contributed by atoms with Crippen molar-refractivity contribution in [1.82, 2.24) is 0 Å². The van der Waals surface area contributed by atoms with Crippen molar-refractivity contribution in [1.29, 1.82) is 0 Å². The van der Waals surface area contributed by atoms with Gasteiger partial charge in [-0.3, -0.25) is 0 Å². The fraction of sp³-hybridized carbons (Fsp3) is 0.800. The fourth-order valence-electron chi connectivity index (χ4n) is 0.422. The van der Waals surface area contributed by atoms with Crippen LogP contribution in [-0.2, 0) is 7.26 Å². The summed E-state index contributed by atoms with van der Waals surface area (Å²) >= 11 is -2.61. The van der Waals surface area contributed by atoms with Gasteiger partial charge in [-0.25, -0.2) is 0 Å². The van der Waals surface area contributed by atoms with Gasteiger partial charge >= 0.3 is 112 Å². The zero-order chi connectivity index (χ0) is 13.1. The van der Waals surface area contributed by atoms with Gasteiger partial charge < -0.3 is 0 Å². The minimum atomic E-state index is -1.30. The van der Waals surface area contributed by atoms with Gasteiger partial charge in [-0.1, -0.05) is 0 Å². The number of hydrogen-bond acceptors (Lipinski definition) is 4. The molecule has 0 N–H and O–H groups in total. The van der Waals surface area contributed by atoms with Crippen LogP contribution in [0.25, 0.3) is 0 Å². The van der Waals surface area contributed by atoms with E-state index >= 15 is 0 Å². The summed E-state index contributed by atoms with van der Waals surface area (Å²) in [5.74, 6) is 0. The predicted molar refractivity (Wildman–Crippen MR) is 74.7 cm³/mol. The molecule has 0 amide bonds. The average molecular weight is 344 g/mol. The molecule has 0 fully saturated rings. The third-order valence-corrected chi connectivity index (χ3v) is 3.10. The van der Waals surface area contributed by atoms with Crippen molar-refractivity contribution in [3.8, 4) is 0 Å². The van der Waals surface area contributed by atoms with Crippen LogP contribution < -0.4 is 0 Å². The SMILES string of the molecule is CC(C)=N[O][Ga]([CH3])[CH3].CC(C)=N[O][Ga]([CH3])[CH3]. The van der Waals surface area contributed by atoms with Gasteiger partial charge in [0.25, 0.3) is 0 Å². The Bertz CT molecular complexity index is 197. The van der Waals surface area contributed by atoms with Crippen LogP contribution in [0, 0.1) is 0 Å². The second-order valence-electron chi connectivity index (χ2n) is 4.39. The first-order valence-electron chi connectivity index (χ1n) is 5.59. The normalized spacial score (nSPS) is 8.00. The first-order valence-corrected chi connectivity index (χ1v) is 17.3. The van der Waals surface area contributed by atoms with Gasteiger partial charge in [-0.05, 0) is 0 Å². The van der Waals surface area contributed by atoms with Crippen molar-refractivity contribution in [3.63, 3.8) is 0 Å². The van der Waals surface area contributed by atoms with E-state index in [9.17, 15) is 0 Å². The maximum absolute atomic E-state index is 5.08. The molecule has 0 aromatic heterocycles. The molecule has 0 aliphatic carbocycles. The topological polar surface area (TPSA) is 43.2 Å². The summed E-state index contributed by atoms with van der Waals surface area (Å²) in [4.78, 5) is 0. The quantitative estimate of drug-likeness (QED) is 0.446. The van der Waals surface area contributed by atoms with Crippen LogP contribution >= 0.6 is 0 Å². The van der Waals surface area contributed by atoms with Crippen LogP contribution in [0.5, 0.6) is 0 Å². The van der Waals surface area contributed by atoms with Gasteiger partial charge in [0.15, 0.2) is 0 Å². The van der Waals surface area contributed by atoms with Crippen LogP contribution in [0.3, 0.4) is 0 Å². The predicted octanol–water partition coefficient (Wildman–Crippen LogP) is 3.30. The standard InChI is InChI=1S/2C3H7NO.4CH3.2Ga/c2*1-3(2)4-5;;;;;;/h2*5H,1-2H3;4*1H3;;/q;;;;;;2*+1/p-2. The maximum atomic E-state index is 5.08. The first-order chi connectivity index (χ1) is 7.25. The molecule has 0 saturated heterocycles. The Morgan fingerprint density at radius 3 is 1.00 bits per heavy atom. The van der Waals surface area contributed by atoms with Gasteiger partial charge in [0.1, 0.15) is 0 Å². The number of oxime groups is 2. The van der Waals surface area contributed by atoms with Gasteiger partial charge in [0.2, 0.25) is 0 Å². The summed E-state index contributed by atoms with van der Waals surface area (Å²) in [6.45, 7) is 7.74. The summed E-state index contributed by atoms with van der Waals surface area (Å²) in [6.07, 6.45) is 0. The average Bonchev–Trinajstić information content (AvgIpc) is 2.12. The van der Waals surface area contributed by atoms with Gasteiger partial charge in [-0.2, -0.15) is 0 Å². The van der Waals surface area contributed by atoms with Crippen LogP contribution in [0.1, 0.15) is 27.7 Å². The van der Waals surface area contributed by atoms with Gasteiger partial charge in [0, 0.05) is 0 Å². The van der Waals surface area contributed by atoms with Crippen molar-refractivity contribution in [2.45, 2.75) is 49.6 Å². The third-order valence-electron chi connectivity index (χ3n) is 0.892. The van der Waals surface area contributed by atoms with Crippen LogP contribution in [0.2, 0.25) is 21.9 Å². The van der Waals surface area contributed by atoms with Crippen molar-refractivity contribution >= 4 is 44.6 Å². The summed E-state index contributed by atoms with van der Waals surface area (Å²) in [5.41, 5.74) is 10.6. The molecule has 92 valence electrons. The summed E-state index contributed by atoms with van der Waals surface area (Å²) < 4.78 is 10.2. The molecule has 0 bridgehead atoms. The van der Waals surface area contributed by atoms with Crippen LogP contribution in [0.4, 0.5) is 0 Å². The van der Waals surface area contributed by atoms with Gasteiger partial charge in [-0.15, -0.1) is 0 Å². The summed E-state index contributed by atoms with van der Waals surface area (Å²) in [6, 6.07) is 0. The van der Waals surface area contributed by atoms with Crippen molar-refractivity contribution in [2.75, 3.05) is 0 Å². The molecule has 0 spiro atoms. The van der Waals surface area contributed by atoms with E-state index < -0.39 is 33.2 Å². The molecule has 0 unspecified atom stereocenters. The van der Waals surface area contributed by atoms with E-state index in [-0.39, 0.29) is 0 Å². The summed E-state index contributed by atoms with van der Waals surface area (Å²) in [5, 5.41) is 7.65. The van der Waals surface area contributed by atoms with Crippen molar-refractivity contribution in [2.24, 2.45) is 10.3 Å². The first kappa shape index (κ1) is 18.6. The molecule has 0 aromatic carbocycles. The van der Waals surface area contributed by atoms with E-state index in [1.807, 2.05) is 27.7 Å². The van der Waals surface area contributed by atoms with Crippen LogP contribution in [0.15, 0.2) is 10.3 Å². The molecule has 0 saturated carbocycles. The molecule has 0 heterocycles. The molecule has 0 aliphatic heterocycles. The molecular weight excluding hydrogens is 320 g/mol. The minimum absolute atomic E-state index is 1.00. The summed E-state index contributed by atoms with van der Waals surface area (Å²) in [7, 11) is 0. The Labute approximate surface area is 111 Å². The Morgan fingerprint density at radius 2 is 0.938 bits per heavy atom. The Balaban J connectivity index is 0. The third kappa shape index (κ3) is 23.8. The van der Waals surface area contributed by atoms with E-state index in [1.54, 1.807) is 0 Å². The zero-order valence-electron chi connectivity index (χ0n) is 11.9. The molecule has 16 heavy (non-hydrogen) atoms. The zero-order valence-corrected chi connectivity index (χ0v) is 16.7.